The predicted octanol–water partition coefficient (Wildman–Crippen LogP) is 0.860. The quantitative estimate of drug-likeness (QED) is 0.730. The summed E-state index contributed by atoms with van der Waals surface area (Å²) in [7, 11) is 0. The van der Waals surface area contributed by atoms with Gasteiger partial charge in [-0.2, -0.15) is 5.21 Å². The van der Waals surface area contributed by atoms with Crippen LogP contribution in [-0.2, 0) is 10.3 Å². The lowest BCUT2D eigenvalue weighted by atomic mass is 10.1. The van der Waals surface area contributed by atoms with Crippen molar-refractivity contribution in [1.82, 2.24) is 20.6 Å². The second kappa shape index (κ2) is 3.18. The zero-order chi connectivity index (χ0) is 9.19. The molecular formula is C7H14N4O. The fourth-order valence-electron chi connectivity index (χ4n) is 1.06. The Kier molecular flexibility index (Phi) is 2.42. The molecule has 1 aromatic rings. The van der Waals surface area contributed by atoms with Crippen molar-refractivity contribution in [3.8, 4) is 0 Å². The van der Waals surface area contributed by atoms with Gasteiger partial charge in [0.25, 0.3) is 0 Å². The van der Waals surface area contributed by atoms with E-state index in [9.17, 15) is 0 Å². The Bertz CT molecular complexity index is 230. The van der Waals surface area contributed by atoms with Crippen LogP contribution in [0.1, 0.15) is 33.5 Å². The maximum absolute atomic E-state index is 5.60. The van der Waals surface area contributed by atoms with E-state index in [1.165, 1.54) is 0 Å². The Labute approximate surface area is 71.5 Å². The van der Waals surface area contributed by atoms with E-state index >= 15 is 0 Å². The summed E-state index contributed by atoms with van der Waals surface area (Å²) in [5, 5.41) is 13.6. The van der Waals surface area contributed by atoms with E-state index in [1.54, 1.807) is 0 Å². The standard InChI is InChI=1S/C7H14N4O/c1-5(2)12-7(3,4)6-8-10-11-9-6/h5H,1-4H3,(H,8,9,10,11). The summed E-state index contributed by atoms with van der Waals surface area (Å²) in [6, 6.07) is 0. The lowest BCUT2D eigenvalue weighted by Gasteiger charge is -2.23. The van der Waals surface area contributed by atoms with Gasteiger partial charge in [0.1, 0.15) is 5.60 Å². The van der Waals surface area contributed by atoms with E-state index < -0.39 is 5.60 Å². The predicted molar refractivity (Wildman–Crippen MR) is 43.4 cm³/mol. The number of rotatable bonds is 3. The molecule has 0 saturated heterocycles. The minimum absolute atomic E-state index is 0.151. The normalized spacial score (nSPS) is 12.4. The molecule has 0 fully saturated rings. The van der Waals surface area contributed by atoms with Crippen molar-refractivity contribution >= 4 is 0 Å². The van der Waals surface area contributed by atoms with Gasteiger partial charge in [-0.3, -0.25) is 0 Å². The molecule has 0 saturated carbocycles. The average Bonchev–Trinajstić information content (AvgIpc) is 2.32. The Morgan fingerprint density at radius 3 is 2.50 bits per heavy atom. The Morgan fingerprint density at radius 2 is 2.08 bits per heavy atom. The maximum atomic E-state index is 5.60. The number of nitrogens with zero attached hydrogens (tertiary/aromatic N) is 3. The van der Waals surface area contributed by atoms with E-state index in [4.69, 9.17) is 4.74 Å². The number of ether oxygens (including phenoxy) is 1. The molecule has 0 bridgehead atoms. The highest BCUT2D eigenvalue weighted by Gasteiger charge is 2.27. The topological polar surface area (TPSA) is 63.7 Å². The van der Waals surface area contributed by atoms with Crippen molar-refractivity contribution in [1.29, 1.82) is 0 Å². The van der Waals surface area contributed by atoms with Gasteiger partial charge in [0.05, 0.1) is 6.10 Å². The van der Waals surface area contributed by atoms with E-state index in [1.807, 2.05) is 27.7 Å². The van der Waals surface area contributed by atoms with Crippen LogP contribution >= 0.6 is 0 Å². The molecule has 5 heteroatoms. The molecule has 1 rings (SSSR count). The van der Waals surface area contributed by atoms with Gasteiger partial charge in [0.15, 0.2) is 0 Å². The lowest BCUT2D eigenvalue weighted by Crippen LogP contribution is -2.26. The lowest BCUT2D eigenvalue weighted by molar-refractivity contribution is -0.0655. The molecule has 0 aliphatic rings. The first-order valence-corrected chi connectivity index (χ1v) is 3.94. The first-order chi connectivity index (χ1) is 5.52. The SMILES string of the molecule is CC(C)OC(C)(C)c1nn[nH]n1. The zero-order valence-electron chi connectivity index (χ0n) is 7.83. The smallest absolute Gasteiger partial charge is 0.205 e. The second-order valence-corrected chi connectivity index (χ2v) is 3.41. The van der Waals surface area contributed by atoms with Crippen molar-refractivity contribution in [2.45, 2.75) is 39.4 Å². The first-order valence-electron chi connectivity index (χ1n) is 3.94. The number of hydrogen-bond donors (Lipinski definition) is 1. The summed E-state index contributed by atoms with van der Waals surface area (Å²) in [6.07, 6.45) is 0.151. The van der Waals surface area contributed by atoms with Crippen molar-refractivity contribution in [3.05, 3.63) is 5.82 Å². The van der Waals surface area contributed by atoms with Crippen LogP contribution in [0.2, 0.25) is 0 Å². The van der Waals surface area contributed by atoms with Gasteiger partial charge in [-0.15, -0.1) is 10.2 Å². The number of aromatic nitrogens is 4. The van der Waals surface area contributed by atoms with Crippen LogP contribution in [0.3, 0.4) is 0 Å². The fourth-order valence-corrected chi connectivity index (χ4v) is 1.06. The molecule has 0 spiro atoms. The van der Waals surface area contributed by atoms with E-state index in [-0.39, 0.29) is 6.10 Å². The summed E-state index contributed by atoms with van der Waals surface area (Å²) >= 11 is 0. The maximum Gasteiger partial charge on any atom is 0.205 e. The van der Waals surface area contributed by atoms with E-state index in [0.29, 0.717) is 5.82 Å². The van der Waals surface area contributed by atoms with Crippen LogP contribution in [0, 0.1) is 0 Å². The number of nitrogens with one attached hydrogen (secondary N) is 1. The summed E-state index contributed by atoms with van der Waals surface area (Å²) < 4.78 is 5.60. The fraction of sp³-hybridized carbons (Fsp3) is 0.857. The van der Waals surface area contributed by atoms with Crippen molar-refractivity contribution < 1.29 is 4.74 Å². The van der Waals surface area contributed by atoms with Gasteiger partial charge in [0, 0.05) is 0 Å². The number of H-pyrrole nitrogens is 1. The third-order valence-electron chi connectivity index (χ3n) is 1.41. The van der Waals surface area contributed by atoms with Gasteiger partial charge in [-0.05, 0) is 27.7 Å². The molecule has 12 heavy (non-hydrogen) atoms. The highest BCUT2D eigenvalue weighted by Crippen LogP contribution is 2.21. The molecule has 1 N–H and O–H groups in total. The molecular weight excluding hydrogens is 156 g/mol. The Hall–Kier alpha value is -0.970. The number of aromatic amines is 1. The van der Waals surface area contributed by atoms with Crippen molar-refractivity contribution in [2.75, 3.05) is 0 Å². The van der Waals surface area contributed by atoms with Gasteiger partial charge < -0.3 is 4.74 Å². The van der Waals surface area contributed by atoms with Gasteiger partial charge in [0.2, 0.25) is 5.82 Å². The van der Waals surface area contributed by atoms with Crippen LogP contribution in [0.25, 0.3) is 0 Å². The molecule has 0 atom stereocenters. The molecule has 5 nitrogen and oxygen atoms in total. The summed E-state index contributed by atoms with van der Waals surface area (Å²) in [4.78, 5) is 0. The summed E-state index contributed by atoms with van der Waals surface area (Å²) in [5.41, 5.74) is -0.471. The second-order valence-electron chi connectivity index (χ2n) is 3.41. The Balaban J connectivity index is 2.72. The number of hydrogen-bond acceptors (Lipinski definition) is 4. The summed E-state index contributed by atoms with van der Waals surface area (Å²) in [6.45, 7) is 7.78. The average molecular weight is 170 g/mol. The molecule has 0 unspecified atom stereocenters. The highest BCUT2D eigenvalue weighted by atomic mass is 16.5. The minimum atomic E-state index is -0.471. The Morgan fingerprint density at radius 1 is 1.42 bits per heavy atom. The molecule has 0 aliphatic carbocycles. The molecule has 0 aromatic carbocycles. The molecule has 0 radical (unpaired) electrons. The highest BCUT2D eigenvalue weighted by molar-refractivity contribution is 4.92. The van der Waals surface area contributed by atoms with E-state index in [2.05, 4.69) is 20.6 Å². The molecule has 1 heterocycles. The summed E-state index contributed by atoms with van der Waals surface area (Å²) in [5.74, 6) is 0.580. The van der Waals surface area contributed by atoms with Crippen LogP contribution < -0.4 is 0 Å². The molecule has 0 aliphatic heterocycles. The third-order valence-corrected chi connectivity index (χ3v) is 1.41. The molecule has 68 valence electrons. The first kappa shape index (κ1) is 9.12. The van der Waals surface area contributed by atoms with Crippen LogP contribution in [-0.4, -0.2) is 26.7 Å². The van der Waals surface area contributed by atoms with Gasteiger partial charge >= 0.3 is 0 Å². The van der Waals surface area contributed by atoms with Crippen molar-refractivity contribution in [2.24, 2.45) is 0 Å². The van der Waals surface area contributed by atoms with Crippen LogP contribution in [0.15, 0.2) is 0 Å². The van der Waals surface area contributed by atoms with Crippen molar-refractivity contribution in [3.63, 3.8) is 0 Å². The number of tetrazole rings is 1. The minimum Gasteiger partial charge on any atom is -0.365 e. The largest absolute Gasteiger partial charge is 0.365 e. The molecule has 0 amide bonds. The van der Waals surface area contributed by atoms with Gasteiger partial charge in [-0.25, -0.2) is 0 Å². The monoisotopic (exact) mass is 170 g/mol. The molecule has 1 aromatic heterocycles. The van der Waals surface area contributed by atoms with E-state index in [0.717, 1.165) is 0 Å². The van der Waals surface area contributed by atoms with Crippen LogP contribution in [0.5, 0.6) is 0 Å². The van der Waals surface area contributed by atoms with Gasteiger partial charge in [-0.1, -0.05) is 5.21 Å². The zero-order valence-corrected chi connectivity index (χ0v) is 7.83. The van der Waals surface area contributed by atoms with Crippen LogP contribution in [0.4, 0.5) is 0 Å². The third kappa shape index (κ3) is 2.01.